The molecule has 5 N–H and O–H groups in total. The highest BCUT2D eigenvalue weighted by Gasteiger charge is 2.13. The number of aromatic hydroxyl groups is 3. The molecule has 0 saturated carbocycles. The number of rotatable bonds is 8. The number of phenols is 3. The van der Waals surface area contributed by atoms with Gasteiger partial charge in [0, 0.05) is 18.7 Å². The van der Waals surface area contributed by atoms with Crippen molar-refractivity contribution in [2.24, 2.45) is 0 Å². The number of carbonyl (C=O) groups excluding carboxylic acids is 2. The van der Waals surface area contributed by atoms with E-state index in [-0.39, 0.29) is 31.0 Å². The summed E-state index contributed by atoms with van der Waals surface area (Å²) in [6, 6.07) is 9.31. The Balaban J connectivity index is 1.74. The van der Waals surface area contributed by atoms with Gasteiger partial charge in [-0.05, 0) is 36.8 Å². The topological polar surface area (TPSA) is 128 Å². The van der Waals surface area contributed by atoms with Crippen molar-refractivity contribution >= 4 is 11.8 Å². The number of hydrogen-bond donors (Lipinski definition) is 5. The van der Waals surface area contributed by atoms with Gasteiger partial charge in [-0.25, -0.2) is 0 Å². The fourth-order valence-corrected chi connectivity index (χ4v) is 2.33. The van der Waals surface area contributed by atoms with Crippen molar-refractivity contribution in [2.45, 2.75) is 13.3 Å². The van der Waals surface area contributed by atoms with Crippen molar-refractivity contribution in [3.63, 3.8) is 0 Å². The maximum Gasteiger partial charge on any atom is 0.251 e. The summed E-state index contributed by atoms with van der Waals surface area (Å²) in [5.74, 6) is -1.87. The predicted octanol–water partition coefficient (Wildman–Crippen LogP) is 1.29. The van der Waals surface area contributed by atoms with Crippen LogP contribution in [0.3, 0.4) is 0 Å². The number of benzene rings is 2. The van der Waals surface area contributed by atoms with E-state index in [1.165, 1.54) is 0 Å². The molecule has 8 nitrogen and oxygen atoms in total. The molecule has 0 spiro atoms. The van der Waals surface area contributed by atoms with E-state index >= 15 is 0 Å². The summed E-state index contributed by atoms with van der Waals surface area (Å²) in [4.78, 5) is 23.9. The molecule has 0 aliphatic heterocycles. The Morgan fingerprint density at radius 3 is 2.15 bits per heavy atom. The van der Waals surface area contributed by atoms with Crippen LogP contribution in [0.1, 0.15) is 22.8 Å². The van der Waals surface area contributed by atoms with Crippen molar-refractivity contribution in [1.29, 1.82) is 0 Å². The molecule has 27 heavy (non-hydrogen) atoms. The van der Waals surface area contributed by atoms with Crippen LogP contribution in [-0.4, -0.2) is 46.8 Å². The lowest BCUT2D eigenvalue weighted by molar-refractivity contribution is -0.120. The van der Waals surface area contributed by atoms with Crippen LogP contribution >= 0.6 is 0 Å². The van der Waals surface area contributed by atoms with Gasteiger partial charge in [0.15, 0.2) is 17.2 Å². The van der Waals surface area contributed by atoms with Gasteiger partial charge in [0.1, 0.15) is 5.75 Å². The van der Waals surface area contributed by atoms with Crippen molar-refractivity contribution in [3.8, 4) is 23.0 Å². The molecule has 0 atom stereocenters. The second kappa shape index (κ2) is 9.33. The smallest absolute Gasteiger partial charge is 0.251 e. The predicted molar refractivity (Wildman–Crippen MR) is 98.1 cm³/mol. The molecule has 0 radical (unpaired) electrons. The van der Waals surface area contributed by atoms with Crippen LogP contribution in [0.15, 0.2) is 36.4 Å². The molecule has 2 aromatic carbocycles. The zero-order valence-corrected chi connectivity index (χ0v) is 14.9. The maximum atomic E-state index is 11.9. The molecule has 2 amide bonds. The van der Waals surface area contributed by atoms with E-state index in [2.05, 4.69) is 10.6 Å². The SMILES string of the molecule is CCOc1ccc(CC(=O)NCCNC(=O)c2cc(O)c(O)c(O)c2)cc1. The normalized spacial score (nSPS) is 10.3. The summed E-state index contributed by atoms with van der Waals surface area (Å²) < 4.78 is 5.34. The Kier molecular flexibility index (Phi) is 6.87. The summed E-state index contributed by atoms with van der Waals surface area (Å²) in [6.45, 7) is 2.86. The van der Waals surface area contributed by atoms with Crippen molar-refractivity contribution < 1.29 is 29.6 Å². The largest absolute Gasteiger partial charge is 0.504 e. The lowest BCUT2D eigenvalue weighted by Gasteiger charge is -2.09. The Bertz CT molecular complexity index is 781. The Hall–Kier alpha value is -3.42. The van der Waals surface area contributed by atoms with Gasteiger partial charge in [0.25, 0.3) is 5.91 Å². The maximum absolute atomic E-state index is 11.9. The van der Waals surface area contributed by atoms with Crippen molar-refractivity contribution in [2.75, 3.05) is 19.7 Å². The molecule has 0 aliphatic rings. The van der Waals surface area contributed by atoms with E-state index in [9.17, 15) is 24.9 Å². The monoisotopic (exact) mass is 374 g/mol. The zero-order chi connectivity index (χ0) is 19.8. The van der Waals surface area contributed by atoms with Crippen LogP contribution in [0.5, 0.6) is 23.0 Å². The average Bonchev–Trinajstić information content (AvgIpc) is 2.64. The first-order valence-electron chi connectivity index (χ1n) is 8.42. The molecular formula is C19H22N2O6. The number of hydrogen-bond acceptors (Lipinski definition) is 6. The molecule has 0 bridgehead atoms. The molecule has 8 heteroatoms. The minimum Gasteiger partial charge on any atom is -0.504 e. The fraction of sp³-hybridized carbons (Fsp3) is 0.263. The van der Waals surface area contributed by atoms with Gasteiger partial charge < -0.3 is 30.7 Å². The van der Waals surface area contributed by atoms with Crippen molar-refractivity contribution in [3.05, 3.63) is 47.5 Å². The molecular weight excluding hydrogens is 352 g/mol. The third kappa shape index (κ3) is 5.81. The third-order valence-corrected chi connectivity index (χ3v) is 3.66. The Labute approximate surface area is 156 Å². The highest BCUT2D eigenvalue weighted by atomic mass is 16.5. The van der Waals surface area contributed by atoms with E-state index in [0.29, 0.717) is 6.61 Å². The summed E-state index contributed by atoms with van der Waals surface area (Å²) in [5.41, 5.74) is 0.832. The van der Waals surface area contributed by atoms with E-state index in [1.54, 1.807) is 12.1 Å². The number of amides is 2. The third-order valence-electron chi connectivity index (χ3n) is 3.66. The Morgan fingerprint density at radius 2 is 1.56 bits per heavy atom. The number of nitrogens with one attached hydrogen (secondary N) is 2. The average molecular weight is 374 g/mol. The van der Waals surface area contributed by atoms with Gasteiger partial charge in [-0.3, -0.25) is 9.59 Å². The Morgan fingerprint density at radius 1 is 0.963 bits per heavy atom. The minimum atomic E-state index is -0.687. The minimum absolute atomic E-state index is 0.0106. The molecule has 0 fully saturated rings. The van der Waals surface area contributed by atoms with Gasteiger partial charge in [-0.1, -0.05) is 12.1 Å². The van der Waals surface area contributed by atoms with E-state index in [0.717, 1.165) is 23.4 Å². The molecule has 0 aliphatic carbocycles. The number of ether oxygens (including phenoxy) is 1. The van der Waals surface area contributed by atoms with E-state index in [4.69, 9.17) is 4.74 Å². The lowest BCUT2D eigenvalue weighted by Crippen LogP contribution is -2.35. The van der Waals surface area contributed by atoms with E-state index in [1.807, 2.05) is 19.1 Å². The van der Waals surface area contributed by atoms with Crippen molar-refractivity contribution in [1.82, 2.24) is 10.6 Å². The quantitative estimate of drug-likeness (QED) is 0.350. The fourth-order valence-electron chi connectivity index (χ4n) is 2.33. The van der Waals surface area contributed by atoms with Crippen LogP contribution in [0.25, 0.3) is 0 Å². The lowest BCUT2D eigenvalue weighted by atomic mass is 10.1. The summed E-state index contributed by atoms with van der Waals surface area (Å²) >= 11 is 0. The molecule has 0 aromatic heterocycles. The summed E-state index contributed by atoms with van der Waals surface area (Å²) in [5, 5.41) is 33.3. The molecule has 144 valence electrons. The highest BCUT2D eigenvalue weighted by Crippen LogP contribution is 2.35. The first-order chi connectivity index (χ1) is 12.9. The van der Waals surface area contributed by atoms with Gasteiger partial charge in [-0.2, -0.15) is 0 Å². The van der Waals surface area contributed by atoms with Gasteiger partial charge in [0.2, 0.25) is 5.91 Å². The van der Waals surface area contributed by atoms with Crippen LogP contribution < -0.4 is 15.4 Å². The standard InChI is InChI=1S/C19H22N2O6/c1-2-27-14-5-3-12(4-6-14)9-17(24)20-7-8-21-19(26)13-10-15(22)18(25)16(23)11-13/h3-6,10-11,22-23,25H,2,7-9H2,1H3,(H,20,24)(H,21,26). The first-order valence-corrected chi connectivity index (χ1v) is 8.42. The van der Waals surface area contributed by atoms with Crippen LogP contribution in [0.2, 0.25) is 0 Å². The van der Waals surface area contributed by atoms with Crippen LogP contribution in [0, 0.1) is 0 Å². The number of carbonyl (C=O) groups is 2. The number of phenolic OH excluding ortho intramolecular Hbond substituents is 3. The second-order valence-electron chi connectivity index (χ2n) is 5.72. The first kappa shape index (κ1) is 19.9. The zero-order valence-electron chi connectivity index (χ0n) is 14.9. The summed E-state index contributed by atoms with van der Waals surface area (Å²) in [6.07, 6.45) is 0.208. The van der Waals surface area contributed by atoms with Crippen LogP contribution in [-0.2, 0) is 11.2 Å². The highest BCUT2D eigenvalue weighted by molar-refractivity contribution is 5.95. The summed E-state index contributed by atoms with van der Waals surface area (Å²) in [7, 11) is 0. The van der Waals surface area contributed by atoms with Crippen LogP contribution in [0.4, 0.5) is 0 Å². The molecule has 2 aromatic rings. The van der Waals surface area contributed by atoms with Gasteiger partial charge in [0.05, 0.1) is 13.0 Å². The molecule has 0 saturated heterocycles. The van der Waals surface area contributed by atoms with Gasteiger partial charge in [-0.15, -0.1) is 0 Å². The van der Waals surface area contributed by atoms with Gasteiger partial charge >= 0.3 is 0 Å². The van der Waals surface area contributed by atoms with E-state index < -0.39 is 23.2 Å². The molecule has 0 unspecified atom stereocenters. The second-order valence-corrected chi connectivity index (χ2v) is 5.72. The molecule has 0 heterocycles. The molecule has 2 rings (SSSR count).